The van der Waals surface area contributed by atoms with Gasteiger partial charge in [-0.05, 0) is 18.4 Å². The van der Waals surface area contributed by atoms with E-state index in [-0.39, 0.29) is 0 Å². The van der Waals surface area contributed by atoms with Gasteiger partial charge in [0.1, 0.15) is 5.75 Å². The molecule has 1 aromatic rings. The van der Waals surface area contributed by atoms with E-state index < -0.39 is 0 Å². The lowest BCUT2D eigenvalue weighted by atomic mass is 9.94. The molecular weight excluding hydrogens is 198 g/mol. The number of allylic oxidation sites excluding steroid dienone is 2. The van der Waals surface area contributed by atoms with E-state index in [1.54, 1.807) is 13.3 Å². The summed E-state index contributed by atoms with van der Waals surface area (Å²) < 4.78 is 5.31. The van der Waals surface area contributed by atoms with E-state index in [9.17, 15) is 0 Å². The molecule has 0 fully saturated rings. The zero-order chi connectivity index (χ0) is 12.1. The van der Waals surface area contributed by atoms with E-state index in [0.717, 1.165) is 22.4 Å². The Kier molecular flexibility index (Phi) is 4.29. The number of methoxy groups -OCH3 is 1. The van der Waals surface area contributed by atoms with Crippen LogP contribution < -0.4 is 4.74 Å². The lowest BCUT2D eigenvalue weighted by Gasteiger charge is -2.14. The van der Waals surface area contributed by atoms with E-state index in [1.165, 1.54) is 0 Å². The Balaban J connectivity index is 3.32. The summed E-state index contributed by atoms with van der Waals surface area (Å²) in [5, 5.41) is 0. The van der Waals surface area contributed by atoms with Gasteiger partial charge in [0, 0.05) is 17.3 Å². The van der Waals surface area contributed by atoms with Crippen LogP contribution in [0.3, 0.4) is 0 Å². The molecule has 16 heavy (non-hydrogen) atoms. The van der Waals surface area contributed by atoms with Crippen molar-refractivity contribution in [3.63, 3.8) is 0 Å². The maximum atomic E-state index is 5.31. The van der Waals surface area contributed by atoms with E-state index in [2.05, 4.69) is 25.4 Å². The molecule has 0 atom stereocenters. The van der Waals surface area contributed by atoms with Crippen LogP contribution in [0.5, 0.6) is 5.75 Å². The molecule has 0 aromatic carbocycles. The van der Waals surface area contributed by atoms with Crippen LogP contribution in [-0.4, -0.2) is 12.1 Å². The number of aromatic nitrogens is 1. The molecule has 0 unspecified atom stereocenters. The molecule has 0 aliphatic rings. The average Bonchev–Trinajstić information content (AvgIpc) is 2.28. The van der Waals surface area contributed by atoms with Gasteiger partial charge in [0.15, 0.2) is 0 Å². The molecule has 0 saturated carbocycles. The number of pyridine rings is 1. The first-order chi connectivity index (χ1) is 7.61. The fraction of sp³-hybridized carbons (Fsp3) is 0.357. The maximum Gasteiger partial charge on any atom is 0.144 e. The summed E-state index contributed by atoms with van der Waals surface area (Å²) in [6, 6.07) is 0. The monoisotopic (exact) mass is 217 g/mol. The highest BCUT2D eigenvalue weighted by Crippen LogP contribution is 2.30. The van der Waals surface area contributed by atoms with Crippen molar-refractivity contribution in [2.75, 3.05) is 7.11 Å². The minimum Gasteiger partial charge on any atom is -0.494 e. The normalized spacial score (nSPS) is 11.1. The van der Waals surface area contributed by atoms with Crippen LogP contribution in [0.15, 0.2) is 25.0 Å². The number of hydrogen-bond donors (Lipinski definition) is 0. The molecule has 0 bridgehead atoms. The first kappa shape index (κ1) is 12.5. The Bertz CT molecular complexity index is 405. The number of hydrogen-bond acceptors (Lipinski definition) is 2. The third-order valence-electron chi connectivity index (χ3n) is 2.55. The van der Waals surface area contributed by atoms with Crippen LogP contribution in [0.25, 0.3) is 11.6 Å². The molecule has 0 aliphatic heterocycles. The van der Waals surface area contributed by atoms with Gasteiger partial charge in [-0.25, -0.2) is 0 Å². The van der Waals surface area contributed by atoms with E-state index in [4.69, 9.17) is 4.74 Å². The predicted octanol–water partition coefficient (Wildman–Crippen LogP) is 3.79. The number of ether oxygens (including phenoxy) is 1. The summed E-state index contributed by atoms with van der Waals surface area (Å²) in [7, 11) is 1.66. The summed E-state index contributed by atoms with van der Waals surface area (Å²) in [4.78, 5) is 4.18. The van der Waals surface area contributed by atoms with Crippen LogP contribution in [0.1, 0.15) is 31.9 Å². The second kappa shape index (κ2) is 5.50. The molecule has 0 saturated heterocycles. The minimum atomic E-state index is 0.401. The van der Waals surface area contributed by atoms with E-state index in [1.807, 2.05) is 25.3 Å². The van der Waals surface area contributed by atoms with Gasteiger partial charge in [-0.1, -0.05) is 32.6 Å². The summed E-state index contributed by atoms with van der Waals surface area (Å²) in [6.45, 7) is 10.4. The fourth-order valence-corrected chi connectivity index (χ4v) is 1.52. The van der Waals surface area contributed by atoms with Crippen molar-refractivity contribution in [3.8, 4) is 5.75 Å². The topological polar surface area (TPSA) is 22.1 Å². The molecule has 2 heteroatoms. The molecule has 0 aliphatic carbocycles. The molecule has 0 spiro atoms. The standard InChI is InChI=1S/C14H19NO/c1-6-7-12-13(11(4)10(2)3)8-15-9-14(12)16-5/h6-10H,4H2,1-3,5H3/b7-6-. The van der Waals surface area contributed by atoms with Crippen molar-refractivity contribution in [1.29, 1.82) is 0 Å². The predicted molar refractivity (Wildman–Crippen MR) is 69.4 cm³/mol. The molecule has 1 aromatic heterocycles. The molecule has 1 heterocycles. The summed E-state index contributed by atoms with van der Waals surface area (Å²) in [5.41, 5.74) is 3.20. The van der Waals surface area contributed by atoms with Gasteiger partial charge < -0.3 is 4.74 Å². The zero-order valence-electron chi connectivity index (χ0n) is 10.4. The van der Waals surface area contributed by atoms with Crippen LogP contribution in [-0.2, 0) is 0 Å². The summed E-state index contributed by atoms with van der Waals surface area (Å²) >= 11 is 0. The molecule has 0 N–H and O–H groups in total. The number of nitrogens with zero attached hydrogens (tertiary/aromatic N) is 1. The van der Waals surface area contributed by atoms with Crippen LogP contribution in [0, 0.1) is 5.92 Å². The Labute approximate surface area is 97.7 Å². The van der Waals surface area contributed by atoms with Gasteiger partial charge >= 0.3 is 0 Å². The Morgan fingerprint density at radius 2 is 2.12 bits per heavy atom. The van der Waals surface area contributed by atoms with Crippen molar-refractivity contribution < 1.29 is 4.74 Å². The van der Waals surface area contributed by atoms with Gasteiger partial charge in [0.05, 0.1) is 13.3 Å². The first-order valence-corrected chi connectivity index (χ1v) is 5.45. The van der Waals surface area contributed by atoms with E-state index >= 15 is 0 Å². The average molecular weight is 217 g/mol. The highest BCUT2D eigenvalue weighted by atomic mass is 16.5. The third kappa shape index (κ3) is 2.51. The van der Waals surface area contributed by atoms with Crippen LogP contribution >= 0.6 is 0 Å². The van der Waals surface area contributed by atoms with Gasteiger partial charge in [-0.3, -0.25) is 4.98 Å². The second-order valence-corrected chi connectivity index (χ2v) is 3.98. The van der Waals surface area contributed by atoms with Crippen molar-refractivity contribution in [1.82, 2.24) is 4.98 Å². The molecule has 2 nitrogen and oxygen atoms in total. The molecule has 86 valence electrons. The number of rotatable bonds is 4. The highest BCUT2D eigenvalue weighted by molar-refractivity contribution is 5.76. The molecule has 0 amide bonds. The van der Waals surface area contributed by atoms with Crippen molar-refractivity contribution in [3.05, 3.63) is 36.2 Å². The van der Waals surface area contributed by atoms with Crippen molar-refractivity contribution >= 4 is 11.6 Å². The van der Waals surface area contributed by atoms with E-state index in [0.29, 0.717) is 5.92 Å². The highest BCUT2D eigenvalue weighted by Gasteiger charge is 2.11. The lowest BCUT2D eigenvalue weighted by molar-refractivity contribution is 0.411. The fourth-order valence-electron chi connectivity index (χ4n) is 1.52. The van der Waals surface area contributed by atoms with Gasteiger partial charge in [0.25, 0.3) is 0 Å². The van der Waals surface area contributed by atoms with Gasteiger partial charge in [-0.15, -0.1) is 0 Å². The first-order valence-electron chi connectivity index (χ1n) is 5.45. The van der Waals surface area contributed by atoms with Crippen molar-refractivity contribution in [2.45, 2.75) is 20.8 Å². The lowest BCUT2D eigenvalue weighted by Crippen LogP contribution is -1.98. The van der Waals surface area contributed by atoms with Gasteiger partial charge in [0.2, 0.25) is 0 Å². The van der Waals surface area contributed by atoms with Crippen LogP contribution in [0.2, 0.25) is 0 Å². The quantitative estimate of drug-likeness (QED) is 0.765. The van der Waals surface area contributed by atoms with Gasteiger partial charge in [-0.2, -0.15) is 0 Å². The Morgan fingerprint density at radius 3 is 2.62 bits per heavy atom. The Morgan fingerprint density at radius 1 is 1.44 bits per heavy atom. The second-order valence-electron chi connectivity index (χ2n) is 3.98. The van der Waals surface area contributed by atoms with Crippen LogP contribution in [0.4, 0.5) is 0 Å². The minimum absolute atomic E-state index is 0.401. The molecule has 1 rings (SSSR count). The Hall–Kier alpha value is -1.57. The molecule has 0 radical (unpaired) electrons. The SMILES string of the molecule is C=C(c1cncc(OC)c1/C=C\C)C(C)C. The summed E-state index contributed by atoms with van der Waals surface area (Å²) in [5.74, 6) is 1.19. The third-order valence-corrected chi connectivity index (χ3v) is 2.55. The maximum absolute atomic E-state index is 5.31. The zero-order valence-corrected chi connectivity index (χ0v) is 10.4. The molecular formula is C14H19NO. The largest absolute Gasteiger partial charge is 0.494 e. The smallest absolute Gasteiger partial charge is 0.144 e. The van der Waals surface area contributed by atoms with Crippen molar-refractivity contribution in [2.24, 2.45) is 5.92 Å². The summed E-state index contributed by atoms with van der Waals surface area (Å²) in [6.07, 6.45) is 7.60.